The summed E-state index contributed by atoms with van der Waals surface area (Å²) in [5.41, 5.74) is 1.60. The molecule has 1 aromatic rings. The van der Waals surface area contributed by atoms with Crippen LogP contribution in [-0.2, 0) is 0 Å². The highest BCUT2D eigenvalue weighted by Gasteiger charge is 2.11. The van der Waals surface area contributed by atoms with Crippen LogP contribution in [0.1, 0.15) is 29.8 Å². The van der Waals surface area contributed by atoms with Gasteiger partial charge in [0.05, 0.1) is 0 Å². The van der Waals surface area contributed by atoms with Gasteiger partial charge >= 0.3 is 0 Å². The van der Waals surface area contributed by atoms with E-state index in [2.05, 4.69) is 6.92 Å². The third-order valence-corrected chi connectivity index (χ3v) is 2.22. The first-order valence-electron chi connectivity index (χ1n) is 4.90. The second kappa shape index (κ2) is 4.80. The van der Waals surface area contributed by atoms with Crippen molar-refractivity contribution in [1.82, 2.24) is 4.90 Å². The first kappa shape index (κ1) is 10.8. The van der Waals surface area contributed by atoms with Crippen molar-refractivity contribution in [3.05, 3.63) is 42.3 Å². The summed E-state index contributed by atoms with van der Waals surface area (Å²) in [5.74, 6) is 0.0838. The highest BCUT2D eigenvalue weighted by Crippen LogP contribution is 2.07. The van der Waals surface area contributed by atoms with Crippen LogP contribution in [0.25, 0.3) is 0 Å². The lowest BCUT2D eigenvalue weighted by molar-refractivity contribution is 0.0773. The van der Waals surface area contributed by atoms with Crippen molar-refractivity contribution in [3.8, 4) is 0 Å². The molecule has 0 saturated heterocycles. The smallest absolute Gasteiger partial charge is 0.253 e. The lowest BCUT2D eigenvalue weighted by Crippen LogP contribution is -2.30. The van der Waals surface area contributed by atoms with Gasteiger partial charge in [-0.15, -0.1) is 0 Å². The van der Waals surface area contributed by atoms with Gasteiger partial charge in [-0.1, -0.05) is 12.1 Å². The molecule has 0 saturated carbocycles. The Labute approximate surface area is 85.5 Å². The monoisotopic (exact) mass is 190 g/mol. The largest absolute Gasteiger partial charge is 0.339 e. The average Bonchev–Trinajstić information content (AvgIpc) is 2.19. The van der Waals surface area contributed by atoms with Crippen molar-refractivity contribution in [2.45, 2.75) is 13.8 Å². The van der Waals surface area contributed by atoms with Crippen molar-refractivity contribution in [1.29, 1.82) is 0 Å². The highest BCUT2D eigenvalue weighted by molar-refractivity contribution is 5.94. The fourth-order valence-electron chi connectivity index (χ4n) is 1.40. The summed E-state index contributed by atoms with van der Waals surface area (Å²) in [6.07, 6.45) is 0. The molecule has 0 atom stereocenters. The van der Waals surface area contributed by atoms with E-state index in [-0.39, 0.29) is 5.91 Å². The summed E-state index contributed by atoms with van der Waals surface area (Å²) in [6.45, 7) is 9.26. The number of amides is 1. The molecule has 75 valence electrons. The second-order valence-corrected chi connectivity index (χ2v) is 3.18. The zero-order valence-electron chi connectivity index (χ0n) is 8.79. The van der Waals surface area contributed by atoms with Gasteiger partial charge in [0.25, 0.3) is 5.91 Å². The number of rotatable bonds is 3. The Hall–Kier alpha value is -1.31. The fourth-order valence-corrected chi connectivity index (χ4v) is 1.40. The molecule has 0 spiro atoms. The molecule has 0 aromatic heterocycles. The number of nitrogens with zero attached hydrogens (tertiary/aromatic N) is 1. The molecule has 1 amide bonds. The molecule has 0 aliphatic rings. The Morgan fingerprint density at radius 1 is 1.36 bits per heavy atom. The summed E-state index contributed by atoms with van der Waals surface area (Å²) < 4.78 is 0. The van der Waals surface area contributed by atoms with Gasteiger partial charge in [-0.3, -0.25) is 4.79 Å². The van der Waals surface area contributed by atoms with Gasteiger partial charge in [-0.2, -0.15) is 0 Å². The molecular formula is C12H16NO. The zero-order chi connectivity index (χ0) is 10.6. The van der Waals surface area contributed by atoms with Gasteiger partial charge in [-0.25, -0.2) is 0 Å². The standard InChI is InChI=1S/C12H16NO/c1-4-13(5-2)12(14)11-8-6-7-10(3)9-11/h6-9H,3-5H2,1-2H3. The van der Waals surface area contributed by atoms with Crippen molar-refractivity contribution >= 4 is 5.91 Å². The maximum atomic E-state index is 11.9. The lowest BCUT2D eigenvalue weighted by Gasteiger charge is -2.18. The van der Waals surface area contributed by atoms with E-state index in [0.29, 0.717) is 0 Å². The summed E-state index contributed by atoms with van der Waals surface area (Å²) in [6, 6.07) is 7.40. The van der Waals surface area contributed by atoms with Gasteiger partial charge in [-0.05, 0) is 38.5 Å². The van der Waals surface area contributed by atoms with E-state index in [1.807, 2.05) is 38.1 Å². The van der Waals surface area contributed by atoms with E-state index >= 15 is 0 Å². The molecule has 14 heavy (non-hydrogen) atoms. The topological polar surface area (TPSA) is 20.3 Å². The lowest BCUT2D eigenvalue weighted by atomic mass is 10.1. The minimum absolute atomic E-state index is 0.0838. The van der Waals surface area contributed by atoms with Crippen LogP contribution < -0.4 is 0 Å². The summed E-state index contributed by atoms with van der Waals surface area (Å²) in [7, 11) is 0. The van der Waals surface area contributed by atoms with Crippen molar-refractivity contribution in [2.24, 2.45) is 0 Å². The number of benzene rings is 1. The highest BCUT2D eigenvalue weighted by atomic mass is 16.2. The summed E-state index contributed by atoms with van der Waals surface area (Å²) in [5, 5.41) is 0. The van der Waals surface area contributed by atoms with Crippen LogP contribution in [0.15, 0.2) is 24.3 Å². The van der Waals surface area contributed by atoms with Crippen molar-refractivity contribution < 1.29 is 4.79 Å². The van der Waals surface area contributed by atoms with E-state index in [1.165, 1.54) is 0 Å². The van der Waals surface area contributed by atoms with Gasteiger partial charge < -0.3 is 4.90 Å². The van der Waals surface area contributed by atoms with Crippen molar-refractivity contribution in [2.75, 3.05) is 13.1 Å². The normalized spacial score (nSPS) is 9.93. The van der Waals surface area contributed by atoms with Gasteiger partial charge in [0.1, 0.15) is 0 Å². The van der Waals surface area contributed by atoms with Crippen LogP contribution in [0.3, 0.4) is 0 Å². The van der Waals surface area contributed by atoms with E-state index in [9.17, 15) is 4.79 Å². The van der Waals surface area contributed by atoms with Gasteiger partial charge in [0, 0.05) is 18.7 Å². The minimum Gasteiger partial charge on any atom is -0.339 e. The molecule has 0 unspecified atom stereocenters. The Bertz CT molecular complexity index is 316. The molecule has 0 bridgehead atoms. The number of hydrogen-bond donors (Lipinski definition) is 0. The first-order valence-corrected chi connectivity index (χ1v) is 4.90. The first-order chi connectivity index (χ1) is 6.69. The van der Waals surface area contributed by atoms with Gasteiger partial charge in [0.2, 0.25) is 0 Å². The van der Waals surface area contributed by atoms with Crippen LogP contribution in [-0.4, -0.2) is 23.9 Å². The van der Waals surface area contributed by atoms with Crippen LogP contribution in [0.2, 0.25) is 0 Å². The molecule has 0 aliphatic carbocycles. The Balaban J connectivity index is 2.88. The van der Waals surface area contributed by atoms with E-state index in [0.717, 1.165) is 24.2 Å². The number of carbonyl (C=O) groups excluding carboxylic acids is 1. The molecule has 1 aromatic carbocycles. The SMILES string of the molecule is [CH2]c1cccc(C(=O)N(CC)CC)c1. The predicted molar refractivity (Wildman–Crippen MR) is 58.2 cm³/mol. The van der Waals surface area contributed by atoms with Crippen LogP contribution in [0, 0.1) is 6.92 Å². The summed E-state index contributed by atoms with van der Waals surface area (Å²) >= 11 is 0. The Morgan fingerprint density at radius 2 is 2.00 bits per heavy atom. The Kier molecular flexibility index (Phi) is 3.69. The minimum atomic E-state index is 0.0838. The maximum absolute atomic E-state index is 11.9. The molecular weight excluding hydrogens is 174 g/mol. The molecule has 0 heterocycles. The van der Waals surface area contributed by atoms with Gasteiger partial charge in [0.15, 0.2) is 0 Å². The quantitative estimate of drug-likeness (QED) is 0.716. The molecule has 2 heteroatoms. The third-order valence-electron chi connectivity index (χ3n) is 2.22. The van der Waals surface area contributed by atoms with E-state index in [1.54, 1.807) is 4.90 Å². The fraction of sp³-hybridized carbons (Fsp3) is 0.333. The summed E-state index contributed by atoms with van der Waals surface area (Å²) in [4.78, 5) is 13.7. The number of carbonyl (C=O) groups is 1. The molecule has 0 aliphatic heterocycles. The molecule has 0 fully saturated rings. The zero-order valence-corrected chi connectivity index (χ0v) is 8.79. The van der Waals surface area contributed by atoms with Crippen LogP contribution in [0.5, 0.6) is 0 Å². The molecule has 2 nitrogen and oxygen atoms in total. The Morgan fingerprint density at radius 3 is 2.50 bits per heavy atom. The van der Waals surface area contributed by atoms with Crippen LogP contribution >= 0.6 is 0 Å². The maximum Gasteiger partial charge on any atom is 0.253 e. The van der Waals surface area contributed by atoms with E-state index < -0.39 is 0 Å². The third kappa shape index (κ3) is 2.34. The van der Waals surface area contributed by atoms with Crippen molar-refractivity contribution in [3.63, 3.8) is 0 Å². The van der Waals surface area contributed by atoms with Crippen LogP contribution in [0.4, 0.5) is 0 Å². The second-order valence-electron chi connectivity index (χ2n) is 3.18. The molecule has 1 radical (unpaired) electrons. The molecule has 0 N–H and O–H groups in total. The van der Waals surface area contributed by atoms with E-state index in [4.69, 9.17) is 0 Å². The average molecular weight is 190 g/mol. The number of hydrogen-bond acceptors (Lipinski definition) is 1. The molecule has 1 rings (SSSR count). The predicted octanol–water partition coefficient (Wildman–Crippen LogP) is 2.35.